The number of carbonyl (C=O) groups is 1. The van der Waals surface area contributed by atoms with Crippen LogP contribution < -0.4 is 5.32 Å². The lowest BCUT2D eigenvalue weighted by atomic mass is 9.85. The Kier molecular flexibility index (Phi) is 6.23. The van der Waals surface area contributed by atoms with Gasteiger partial charge in [-0.25, -0.2) is 8.42 Å². The summed E-state index contributed by atoms with van der Waals surface area (Å²) in [6.45, 7) is 9.14. The van der Waals surface area contributed by atoms with Crippen molar-refractivity contribution in [2.24, 2.45) is 17.8 Å². The van der Waals surface area contributed by atoms with Crippen LogP contribution in [0, 0.1) is 17.8 Å². The summed E-state index contributed by atoms with van der Waals surface area (Å²) in [6.07, 6.45) is 0. The van der Waals surface area contributed by atoms with Gasteiger partial charge in [0.25, 0.3) is 15.0 Å². The highest BCUT2D eigenvalue weighted by atomic mass is 35.7. The fourth-order valence-corrected chi connectivity index (χ4v) is 3.09. The van der Waals surface area contributed by atoms with Crippen LogP contribution in [0.2, 0.25) is 0 Å². The number of amides is 1. The first-order valence-electron chi connectivity index (χ1n) is 6.96. The van der Waals surface area contributed by atoms with Gasteiger partial charge in [0, 0.05) is 22.8 Å². The van der Waals surface area contributed by atoms with Crippen LogP contribution in [0.1, 0.15) is 38.1 Å². The Balaban J connectivity index is 2.72. The molecule has 118 valence electrons. The van der Waals surface area contributed by atoms with Crippen molar-refractivity contribution < 1.29 is 13.2 Å². The van der Waals surface area contributed by atoms with Crippen molar-refractivity contribution in [1.82, 2.24) is 5.32 Å². The molecule has 0 fully saturated rings. The van der Waals surface area contributed by atoms with Gasteiger partial charge in [-0.05, 0) is 42.0 Å². The number of halogens is 1. The van der Waals surface area contributed by atoms with Gasteiger partial charge >= 0.3 is 0 Å². The van der Waals surface area contributed by atoms with E-state index in [9.17, 15) is 13.2 Å². The Morgan fingerprint density at radius 1 is 1.10 bits per heavy atom. The first kappa shape index (κ1) is 18.0. The summed E-state index contributed by atoms with van der Waals surface area (Å²) in [5.74, 6) is 1.15. The third kappa shape index (κ3) is 5.32. The molecule has 0 saturated heterocycles. The third-order valence-electron chi connectivity index (χ3n) is 3.61. The summed E-state index contributed by atoms with van der Waals surface area (Å²) in [4.78, 5) is 12.1. The number of hydrogen-bond acceptors (Lipinski definition) is 3. The maximum atomic E-state index is 12.1. The number of nitrogens with one attached hydrogen (secondary N) is 1. The summed E-state index contributed by atoms with van der Waals surface area (Å²) in [5, 5.41) is 2.90. The Labute approximate surface area is 131 Å². The lowest BCUT2D eigenvalue weighted by Gasteiger charge is -2.25. The van der Waals surface area contributed by atoms with Crippen LogP contribution in [-0.2, 0) is 9.05 Å². The van der Waals surface area contributed by atoms with Crippen molar-refractivity contribution in [3.63, 3.8) is 0 Å². The average Bonchev–Trinajstić information content (AvgIpc) is 2.37. The molecule has 0 bridgehead atoms. The molecule has 1 aromatic carbocycles. The molecular weight excluding hydrogens is 310 g/mol. The smallest absolute Gasteiger partial charge is 0.261 e. The maximum absolute atomic E-state index is 12.1. The summed E-state index contributed by atoms with van der Waals surface area (Å²) < 4.78 is 22.3. The standard InChI is InChI=1S/C15H22ClNO3S/c1-10(2)14(11(3)4)9-17-15(18)12-5-7-13(8-6-12)21(16,19)20/h5-8,10-11,14H,9H2,1-4H3,(H,17,18). The molecule has 4 nitrogen and oxygen atoms in total. The fourth-order valence-electron chi connectivity index (χ4n) is 2.32. The number of hydrogen-bond donors (Lipinski definition) is 1. The van der Waals surface area contributed by atoms with Gasteiger partial charge in [0.1, 0.15) is 0 Å². The molecule has 1 amide bonds. The van der Waals surface area contributed by atoms with Crippen LogP contribution in [0.5, 0.6) is 0 Å². The third-order valence-corrected chi connectivity index (χ3v) is 4.98. The molecule has 1 N–H and O–H groups in total. The van der Waals surface area contributed by atoms with Gasteiger partial charge in [-0.2, -0.15) is 0 Å². The molecule has 0 aliphatic heterocycles. The Hall–Kier alpha value is -1.07. The highest BCUT2D eigenvalue weighted by Crippen LogP contribution is 2.20. The SMILES string of the molecule is CC(C)C(CNC(=O)c1ccc(S(=O)(=O)Cl)cc1)C(C)C. The fraction of sp³-hybridized carbons (Fsp3) is 0.533. The molecule has 1 aromatic rings. The van der Waals surface area contributed by atoms with E-state index >= 15 is 0 Å². The minimum atomic E-state index is -3.75. The molecule has 0 unspecified atom stereocenters. The average molecular weight is 332 g/mol. The Bertz CT molecular complexity index is 571. The van der Waals surface area contributed by atoms with Crippen LogP contribution in [-0.4, -0.2) is 20.9 Å². The molecule has 0 aromatic heterocycles. The lowest BCUT2D eigenvalue weighted by Crippen LogP contribution is -2.33. The van der Waals surface area contributed by atoms with Gasteiger partial charge < -0.3 is 5.32 Å². The normalized spacial score (nSPS) is 12.2. The number of benzene rings is 1. The van der Waals surface area contributed by atoms with Crippen LogP contribution in [0.4, 0.5) is 0 Å². The highest BCUT2D eigenvalue weighted by molar-refractivity contribution is 8.13. The van der Waals surface area contributed by atoms with E-state index in [-0.39, 0.29) is 10.8 Å². The van der Waals surface area contributed by atoms with Gasteiger partial charge in [-0.3, -0.25) is 4.79 Å². The Morgan fingerprint density at radius 3 is 1.95 bits per heavy atom. The van der Waals surface area contributed by atoms with Gasteiger partial charge in [0.15, 0.2) is 0 Å². The van der Waals surface area contributed by atoms with E-state index in [2.05, 4.69) is 33.0 Å². The summed E-state index contributed by atoms with van der Waals surface area (Å²) in [7, 11) is 1.48. The van der Waals surface area contributed by atoms with Gasteiger partial charge in [0.2, 0.25) is 0 Å². The first-order valence-corrected chi connectivity index (χ1v) is 9.26. The summed E-state index contributed by atoms with van der Waals surface area (Å²) >= 11 is 0. The van der Waals surface area contributed by atoms with E-state index in [4.69, 9.17) is 10.7 Å². The van der Waals surface area contributed by atoms with Gasteiger partial charge in [0.05, 0.1) is 4.90 Å². The number of rotatable bonds is 6. The molecular formula is C15H22ClNO3S. The van der Waals surface area contributed by atoms with Gasteiger partial charge in [-0.1, -0.05) is 27.7 Å². The zero-order valence-electron chi connectivity index (χ0n) is 12.8. The molecule has 6 heteroatoms. The van der Waals surface area contributed by atoms with Crippen molar-refractivity contribution in [2.75, 3.05) is 6.54 Å². The van der Waals surface area contributed by atoms with E-state index in [0.29, 0.717) is 29.9 Å². The van der Waals surface area contributed by atoms with Crippen LogP contribution in [0.3, 0.4) is 0 Å². The summed E-state index contributed by atoms with van der Waals surface area (Å²) in [6, 6.07) is 5.59. The molecule has 0 saturated carbocycles. The minimum absolute atomic E-state index is 0.0112. The molecule has 21 heavy (non-hydrogen) atoms. The van der Waals surface area contributed by atoms with Crippen molar-refractivity contribution >= 4 is 25.6 Å². The zero-order valence-corrected chi connectivity index (χ0v) is 14.3. The quantitative estimate of drug-likeness (QED) is 0.814. The van der Waals surface area contributed by atoms with Crippen molar-refractivity contribution in [3.8, 4) is 0 Å². The second-order valence-electron chi connectivity index (χ2n) is 5.82. The second kappa shape index (κ2) is 7.27. The van der Waals surface area contributed by atoms with Crippen LogP contribution >= 0.6 is 10.7 Å². The Morgan fingerprint density at radius 2 is 1.57 bits per heavy atom. The van der Waals surface area contributed by atoms with Crippen molar-refractivity contribution in [3.05, 3.63) is 29.8 Å². The van der Waals surface area contributed by atoms with Crippen molar-refractivity contribution in [2.45, 2.75) is 32.6 Å². The topological polar surface area (TPSA) is 63.2 Å². The van der Waals surface area contributed by atoms with Crippen molar-refractivity contribution in [1.29, 1.82) is 0 Å². The monoisotopic (exact) mass is 331 g/mol. The van der Waals surface area contributed by atoms with E-state index in [0.717, 1.165) is 0 Å². The molecule has 0 spiro atoms. The number of carbonyl (C=O) groups excluding carboxylic acids is 1. The molecule has 0 heterocycles. The molecule has 0 atom stereocenters. The second-order valence-corrected chi connectivity index (χ2v) is 8.39. The lowest BCUT2D eigenvalue weighted by molar-refractivity contribution is 0.0937. The highest BCUT2D eigenvalue weighted by Gasteiger charge is 2.19. The van der Waals surface area contributed by atoms with E-state index in [1.54, 1.807) is 0 Å². The predicted molar refractivity (Wildman–Crippen MR) is 85.0 cm³/mol. The molecule has 0 aliphatic carbocycles. The predicted octanol–water partition coefficient (Wildman–Crippen LogP) is 3.27. The van der Waals surface area contributed by atoms with E-state index in [1.165, 1.54) is 24.3 Å². The van der Waals surface area contributed by atoms with Gasteiger partial charge in [-0.15, -0.1) is 0 Å². The van der Waals surface area contributed by atoms with E-state index < -0.39 is 9.05 Å². The first-order chi connectivity index (χ1) is 9.62. The molecule has 1 rings (SSSR count). The van der Waals surface area contributed by atoms with E-state index in [1.807, 2.05) is 0 Å². The van der Waals surface area contributed by atoms with Crippen LogP contribution in [0.15, 0.2) is 29.2 Å². The van der Waals surface area contributed by atoms with Crippen LogP contribution in [0.25, 0.3) is 0 Å². The largest absolute Gasteiger partial charge is 0.352 e. The summed E-state index contributed by atoms with van der Waals surface area (Å²) in [5.41, 5.74) is 0.422. The molecule has 0 radical (unpaired) electrons. The molecule has 0 aliphatic rings. The minimum Gasteiger partial charge on any atom is -0.352 e. The zero-order chi connectivity index (χ0) is 16.2. The maximum Gasteiger partial charge on any atom is 0.261 e.